The van der Waals surface area contributed by atoms with Gasteiger partial charge in [0.05, 0.1) is 11.4 Å². The van der Waals surface area contributed by atoms with Gasteiger partial charge < -0.3 is 9.80 Å². The third-order valence-corrected chi connectivity index (χ3v) is 5.31. The van der Waals surface area contributed by atoms with E-state index in [1.165, 1.54) is 5.69 Å². The Hall–Kier alpha value is -2.24. The Morgan fingerprint density at radius 2 is 1.50 bits per heavy atom. The van der Waals surface area contributed by atoms with Crippen molar-refractivity contribution < 1.29 is 0 Å². The predicted octanol–water partition coefficient (Wildman–Crippen LogP) is 4.32. The molecule has 0 amide bonds. The third kappa shape index (κ3) is 3.79. The minimum atomic E-state index is 0.930. The summed E-state index contributed by atoms with van der Waals surface area (Å²) < 4.78 is 1.05. The van der Waals surface area contributed by atoms with Crippen LogP contribution in [0.15, 0.2) is 65.4 Å². The molecular formula is C21H21BrN4. The molecule has 132 valence electrons. The molecule has 0 N–H and O–H groups in total. The zero-order valence-corrected chi connectivity index (χ0v) is 16.4. The molecule has 1 saturated heterocycles. The second-order valence-corrected chi connectivity index (χ2v) is 7.55. The van der Waals surface area contributed by atoms with Gasteiger partial charge >= 0.3 is 0 Å². The van der Waals surface area contributed by atoms with E-state index in [2.05, 4.69) is 79.1 Å². The van der Waals surface area contributed by atoms with Crippen LogP contribution in [0.4, 0.5) is 5.69 Å². The molecular weight excluding hydrogens is 388 g/mol. The Bertz CT molecular complexity index is 887. The molecule has 0 saturated carbocycles. The van der Waals surface area contributed by atoms with Gasteiger partial charge in [-0.25, -0.2) is 9.97 Å². The maximum atomic E-state index is 4.47. The van der Waals surface area contributed by atoms with Crippen LogP contribution >= 0.6 is 15.9 Å². The van der Waals surface area contributed by atoms with Gasteiger partial charge in [0.25, 0.3) is 0 Å². The number of piperazine rings is 1. The largest absolute Gasteiger partial charge is 0.369 e. The molecule has 0 radical (unpaired) electrons. The molecule has 0 aliphatic carbocycles. The topological polar surface area (TPSA) is 32.3 Å². The minimum Gasteiger partial charge on any atom is -0.369 e. The first-order valence-corrected chi connectivity index (χ1v) is 9.60. The molecule has 1 fully saturated rings. The summed E-state index contributed by atoms with van der Waals surface area (Å²) in [6.07, 6.45) is 1.64. The van der Waals surface area contributed by atoms with Gasteiger partial charge in [0.2, 0.25) is 0 Å². The third-order valence-electron chi connectivity index (χ3n) is 4.82. The van der Waals surface area contributed by atoms with Crippen LogP contribution in [-0.2, 0) is 0 Å². The number of benzene rings is 2. The van der Waals surface area contributed by atoms with Gasteiger partial charge in [-0.3, -0.25) is 0 Å². The smallest absolute Gasteiger partial charge is 0.116 e. The first-order chi connectivity index (χ1) is 12.7. The van der Waals surface area contributed by atoms with E-state index >= 15 is 0 Å². The number of nitrogens with zero attached hydrogens (tertiary/aromatic N) is 4. The highest BCUT2D eigenvalue weighted by Gasteiger charge is 2.14. The van der Waals surface area contributed by atoms with Crippen molar-refractivity contribution in [1.82, 2.24) is 14.9 Å². The van der Waals surface area contributed by atoms with Crippen LogP contribution in [0.3, 0.4) is 0 Å². The summed E-state index contributed by atoms with van der Waals surface area (Å²) in [5, 5.41) is 0. The lowest BCUT2D eigenvalue weighted by Crippen LogP contribution is -2.44. The van der Waals surface area contributed by atoms with Gasteiger partial charge in [-0.05, 0) is 37.4 Å². The van der Waals surface area contributed by atoms with Crippen LogP contribution in [0.5, 0.6) is 0 Å². The average Bonchev–Trinajstić information content (AvgIpc) is 2.69. The number of anilines is 1. The SMILES string of the molecule is CN1CCN(c2ccc(-c3cc(-c4cccc(Br)c4)ncn3)cc2)CC1. The summed E-state index contributed by atoms with van der Waals surface area (Å²) in [5.74, 6) is 0. The Labute approximate surface area is 162 Å². The van der Waals surface area contributed by atoms with Crippen molar-refractivity contribution in [1.29, 1.82) is 0 Å². The van der Waals surface area contributed by atoms with Gasteiger partial charge in [-0.2, -0.15) is 0 Å². The Morgan fingerprint density at radius 3 is 2.19 bits per heavy atom. The van der Waals surface area contributed by atoms with Gasteiger partial charge in [0, 0.05) is 47.5 Å². The molecule has 3 aromatic rings. The van der Waals surface area contributed by atoms with Gasteiger partial charge in [0.1, 0.15) is 6.33 Å². The number of hydrogen-bond donors (Lipinski definition) is 0. The summed E-state index contributed by atoms with van der Waals surface area (Å²) in [5.41, 5.74) is 5.35. The minimum absolute atomic E-state index is 0.930. The lowest BCUT2D eigenvalue weighted by molar-refractivity contribution is 0.313. The van der Waals surface area contributed by atoms with Crippen LogP contribution in [0.25, 0.3) is 22.5 Å². The standard InChI is InChI=1S/C21H21BrN4/c1-25-9-11-26(12-10-25)19-7-5-16(6-8-19)20-14-21(24-15-23-20)17-3-2-4-18(22)13-17/h2-8,13-15H,9-12H2,1H3. The first-order valence-electron chi connectivity index (χ1n) is 8.81. The fourth-order valence-corrected chi connectivity index (χ4v) is 3.63. The van der Waals surface area contributed by atoms with E-state index in [9.17, 15) is 0 Å². The molecule has 4 nitrogen and oxygen atoms in total. The van der Waals surface area contributed by atoms with Crippen LogP contribution in [0, 0.1) is 0 Å². The van der Waals surface area contributed by atoms with Gasteiger partial charge in [-0.15, -0.1) is 0 Å². The number of aromatic nitrogens is 2. The monoisotopic (exact) mass is 408 g/mol. The number of likely N-dealkylation sites (N-methyl/N-ethyl adjacent to an activating group) is 1. The summed E-state index contributed by atoms with van der Waals surface area (Å²) >= 11 is 3.52. The normalized spacial score (nSPS) is 15.2. The highest BCUT2D eigenvalue weighted by Crippen LogP contribution is 2.26. The second-order valence-electron chi connectivity index (χ2n) is 6.64. The van der Waals surface area contributed by atoms with Crippen LogP contribution in [0.2, 0.25) is 0 Å². The fraction of sp³-hybridized carbons (Fsp3) is 0.238. The van der Waals surface area contributed by atoms with Crippen molar-refractivity contribution in [3.05, 3.63) is 65.4 Å². The summed E-state index contributed by atoms with van der Waals surface area (Å²) in [6.45, 7) is 4.39. The predicted molar refractivity (Wildman–Crippen MR) is 110 cm³/mol. The molecule has 2 heterocycles. The number of rotatable bonds is 3. The van der Waals surface area contributed by atoms with Crippen molar-refractivity contribution in [3.8, 4) is 22.5 Å². The summed E-state index contributed by atoms with van der Waals surface area (Å²) in [7, 11) is 2.18. The lowest BCUT2D eigenvalue weighted by atomic mass is 10.1. The average molecular weight is 409 g/mol. The van der Waals surface area contributed by atoms with E-state index in [4.69, 9.17) is 0 Å². The van der Waals surface area contributed by atoms with Crippen molar-refractivity contribution in [2.75, 3.05) is 38.1 Å². The molecule has 5 heteroatoms. The van der Waals surface area contributed by atoms with Crippen molar-refractivity contribution >= 4 is 21.6 Å². The molecule has 0 bridgehead atoms. The van der Waals surface area contributed by atoms with Crippen LogP contribution < -0.4 is 4.90 Å². The molecule has 0 unspecified atom stereocenters. The van der Waals surface area contributed by atoms with E-state index in [1.807, 2.05) is 18.2 Å². The van der Waals surface area contributed by atoms with Crippen molar-refractivity contribution in [2.24, 2.45) is 0 Å². The van der Waals surface area contributed by atoms with Crippen LogP contribution in [-0.4, -0.2) is 48.1 Å². The zero-order valence-electron chi connectivity index (χ0n) is 14.8. The van der Waals surface area contributed by atoms with Crippen LogP contribution in [0.1, 0.15) is 0 Å². The molecule has 0 atom stereocenters. The number of hydrogen-bond acceptors (Lipinski definition) is 4. The summed E-state index contributed by atoms with van der Waals surface area (Å²) in [4.78, 5) is 13.7. The molecule has 1 aromatic heterocycles. The lowest BCUT2D eigenvalue weighted by Gasteiger charge is -2.34. The van der Waals surface area contributed by atoms with E-state index in [0.29, 0.717) is 0 Å². The van der Waals surface area contributed by atoms with E-state index in [1.54, 1.807) is 6.33 Å². The molecule has 0 spiro atoms. The maximum Gasteiger partial charge on any atom is 0.116 e. The molecule has 1 aliphatic heterocycles. The maximum absolute atomic E-state index is 4.47. The molecule has 26 heavy (non-hydrogen) atoms. The number of halogens is 1. The second kappa shape index (κ2) is 7.56. The first kappa shape index (κ1) is 17.2. The quantitative estimate of drug-likeness (QED) is 0.645. The molecule has 2 aromatic carbocycles. The van der Waals surface area contributed by atoms with Crippen molar-refractivity contribution in [3.63, 3.8) is 0 Å². The highest BCUT2D eigenvalue weighted by atomic mass is 79.9. The molecule has 1 aliphatic rings. The molecule has 4 rings (SSSR count). The zero-order chi connectivity index (χ0) is 17.9. The van der Waals surface area contributed by atoms with Gasteiger partial charge in [-0.1, -0.05) is 40.2 Å². The Balaban J connectivity index is 1.57. The van der Waals surface area contributed by atoms with E-state index in [0.717, 1.165) is 53.2 Å². The van der Waals surface area contributed by atoms with Crippen molar-refractivity contribution in [2.45, 2.75) is 0 Å². The van der Waals surface area contributed by atoms with E-state index < -0.39 is 0 Å². The fourth-order valence-electron chi connectivity index (χ4n) is 3.23. The highest BCUT2D eigenvalue weighted by molar-refractivity contribution is 9.10. The Kier molecular flexibility index (Phi) is 5.00. The summed E-state index contributed by atoms with van der Waals surface area (Å²) in [6, 6.07) is 18.9. The van der Waals surface area contributed by atoms with E-state index in [-0.39, 0.29) is 0 Å². The van der Waals surface area contributed by atoms with Gasteiger partial charge in [0.15, 0.2) is 0 Å². The Morgan fingerprint density at radius 1 is 0.808 bits per heavy atom.